The van der Waals surface area contributed by atoms with Gasteiger partial charge in [0.15, 0.2) is 23.8 Å². The number of ketones is 1. The molecule has 0 aromatic heterocycles. The molecule has 1 aliphatic carbocycles. The molecule has 0 aromatic carbocycles. The molecular weight excluding hydrogens is 652 g/mol. The third kappa shape index (κ3) is 13.5. The highest BCUT2D eigenvalue weighted by atomic mass is 16.6. The quantitative estimate of drug-likeness (QED) is 0.0844. The zero-order valence-corrected chi connectivity index (χ0v) is 30.5. The molecule has 3 N–H and O–H groups in total. The maximum absolute atomic E-state index is 13.2. The first-order chi connectivity index (χ1) is 24.0. The van der Waals surface area contributed by atoms with Crippen molar-refractivity contribution >= 4 is 23.7 Å². The van der Waals surface area contributed by atoms with Gasteiger partial charge in [-0.3, -0.25) is 14.4 Å². The highest BCUT2D eigenvalue weighted by Gasteiger charge is 2.41. The Balaban J connectivity index is 1.91. The number of hydrogen-bond donors (Lipinski definition) is 3. The largest absolute Gasteiger partial charge is 0.505 e. The molecule has 0 amide bonds. The Labute approximate surface area is 300 Å². The van der Waals surface area contributed by atoms with Crippen molar-refractivity contribution in [2.24, 2.45) is 5.41 Å². The monoisotopic (exact) mass is 702 g/mol. The van der Waals surface area contributed by atoms with E-state index in [2.05, 4.69) is 11.3 Å². The number of rotatable bonds is 16. The Morgan fingerprint density at radius 1 is 0.882 bits per heavy atom. The zero-order chi connectivity index (χ0) is 38.3. The van der Waals surface area contributed by atoms with Gasteiger partial charge in [-0.15, -0.1) is 0 Å². The predicted molar refractivity (Wildman–Crippen MR) is 196 cm³/mol. The van der Waals surface area contributed by atoms with Crippen LogP contribution in [0.25, 0.3) is 0 Å². The molecule has 0 radical (unpaired) electrons. The van der Waals surface area contributed by atoms with E-state index in [1.165, 1.54) is 0 Å². The van der Waals surface area contributed by atoms with Crippen LogP contribution in [0.4, 0.5) is 0 Å². The number of ether oxygens (including phenoxy) is 3. The van der Waals surface area contributed by atoms with Crippen LogP contribution in [-0.4, -0.2) is 63.9 Å². The molecule has 0 saturated carbocycles. The zero-order valence-electron chi connectivity index (χ0n) is 30.5. The van der Waals surface area contributed by atoms with E-state index >= 15 is 0 Å². The van der Waals surface area contributed by atoms with Crippen molar-refractivity contribution in [2.45, 2.75) is 86.0 Å². The number of hydrogen-bond acceptors (Lipinski definition) is 10. The smallest absolute Gasteiger partial charge is 0.377 e. The molecule has 1 heterocycles. The Morgan fingerprint density at radius 2 is 1.41 bits per heavy atom. The van der Waals surface area contributed by atoms with E-state index in [9.17, 15) is 34.5 Å². The molecule has 1 aliphatic heterocycles. The van der Waals surface area contributed by atoms with Gasteiger partial charge in [-0.25, -0.2) is 4.79 Å². The van der Waals surface area contributed by atoms with Gasteiger partial charge in [0.05, 0.1) is 12.8 Å². The third-order valence-electron chi connectivity index (χ3n) is 8.10. The van der Waals surface area contributed by atoms with Gasteiger partial charge >= 0.3 is 17.9 Å². The van der Waals surface area contributed by atoms with Crippen molar-refractivity contribution in [1.29, 1.82) is 0 Å². The van der Waals surface area contributed by atoms with Crippen LogP contribution < -0.4 is 0 Å². The van der Waals surface area contributed by atoms with Crippen LogP contribution in [0.5, 0.6) is 0 Å². The maximum atomic E-state index is 13.2. The van der Waals surface area contributed by atoms with Crippen molar-refractivity contribution in [3.8, 4) is 0 Å². The first kappa shape index (κ1) is 41.9. The van der Waals surface area contributed by atoms with Crippen molar-refractivity contribution in [3.05, 3.63) is 131 Å². The molecule has 3 atom stereocenters. The van der Waals surface area contributed by atoms with Crippen molar-refractivity contribution < 1.29 is 48.7 Å². The summed E-state index contributed by atoms with van der Waals surface area (Å²) in [4.78, 5) is 49.1. The van der Waals surface area contributed by atoms with E-state index in [1.807, 2.05) is 121 Å². The summed E-state index contributed by atoms with van der Waals surface area (Å²) >= 11 is 0. The molecule has 51 heavy (non-hydrogen) atoms. The fourth-order valence-electron chi connectivity index (χ4n) is 5.05. The summed E-state index contributed by atoms with van der Waals surface area (Å²) in [5, 5.41) is 29.0. The van der Waals surface area contributed by atoms with Gasteiger partial charge in [0, 0.05) is 6.42 Å². The lowest BCUT2D eigenvalue weighted by Crippen LogP contribution is -2.39. The molecule has 0 spiro atoms. The highest BCUT2D eigenvalue weighted by Crippen LogP contribution is 2.41. The van der Waals surface area contributed by atoms with Crippen LogP contribution in [0.1, 0.15) is 67.7 Å². The van der Waals surface area contributed by atoms with Gasteiger partial charge < -0.3 is 29.5 Å². The lowest BCUT2D eigenvalue weighted by molar-refractivity contribution is -0.160. The van der Waals surface area contributed by atoms with Crippen molar-refractivity contribution in [3.63, 3.8) is 0 Å². The predicted octanol–water partition coefficient (Wildman–Crippen LogP) is 7.35. The minimum atomic E-state index is -1.63. The van der Waals surface area contributed by atoms with Gasteiger partial charge in [-0.1, -0.05) is 122 Å². The topological polar surface area (TPSA) is 157 Å². The van der Waals surface area contributed by atoms with Crippen LogP contribution in [0, 0.1) is 5.41 Å². The molecular formula is C41H50O10. The van der Waals surface area contributed by atoms with E-state index in [1.54, 1.807) is 6.92 Å². The first-order valence-corrected chi connectivity index (χ1v) is 16.6. The second kappa shape index (κ2) is 19.8. The molecule has 274 valence electrons. The molecule has 2 rings (SSSR count). The second-order valence-electron chi connectivity index (χ2n) is 13.1. The van der Waals surface area contributed by atoms with E-state index in [0.29, 0.717) is 5.57 Å². The number of carbonyl (C=O) groups excluding carboxylic acids is 4. The SMILES string of the molecule is C=C/C(C)=C/C=C/C(C)=C/C=C/C=C(C)/C=C/C=C(C)/C=C/C1=C(C)C(=O)C(OC(=O)CCC(=O)OC[C@H](O)[C@H]2OC(=O)C(O)=C2O)CC1(C)C. The molecule has 0 saturated heterocycles. The average Bonchev–Trinajstić information content (AvgIpc) is 3.33. The lowest BCUT2D eigenvalue weighted by Gasteiger charge is -2.36. The molecule has 0 aromatic rings. The summed E-state index contributed by atoms with van der Waals surface area (Å²) in [5.74, 6) is -5.05. The standard InChI is InChI=1S/C41H50O10/c1-9-26(2)16-12-17-27(3)14-10-11-15-28(4)18-13-19-29(5)20-21-31-30(6)36(45)33(24-41(31,7)8)50-35(44)23-22-34(43)49-25-32(42)39-37(46)38(47)40(48)51-39/h9-21,32-33,39,42,46-47H,1,22-25H2,2-8H3/b11-10+,17-12+,18-13+,21-20+,26-16+,27-14+,28-15+,29-19+/t32-,33?,39+/m0/s1. The van der Waals surface area contributed by atoms with Gasteiger partial charge in [-0.05, 0) is 51.2 Å². The maximum Gasteiger partial charge on any atom is 0.377 e. The fourth-order valence-corrected chi connectivity index (χ4v) is 5.05. The van der Waals surface area contributed by atoms with Crippen LogP contribution in [-0.2, 0) is 33.4 Å². The number of Topliss-reactive ketones (excluding diaryl/α,β-unsaturated/α-hetero) is 1. The van der Waals surface area contributed by atoms with Gasteiger partial charge in [0.1, 0.15) is 12.7 Å². The van der Waals surface area contributed by atoms with Gasteiger partial charge in [0.2, 0.25) is 5.76 Å². The molecule has 10 heteroatoms. The number of aliphatic hydroxyl groups is 3. The number of aliphatic hydroxyl groups excluding tert-OH is 3. The second-order valence-corrected chi connectivity index (χ2v) is 13.1. The summed E-state index contributed by atoms with van der Waals surface area (Å²) in [6.45, 7) is 16.7. The highest BCUT2D eigenvalue weighted by molar-refractivity contribution is 6.01. The van der Waals surface area contributed by atoms with E-state index in [-0.39, 0.29) is 18.6 Å². The Kier molecular flexibility index (Phi) is 16.3. The van der Waals surface area contributed by atoms with E-state index < -0.39 is 66.2 Å². The van der Waals surface area contributed by atoms with Crippen LogP contribution in [0.2, 0.25) is 0 Å². The molecule has 2 aliphatic rings. The Hall–Kier alpha value is -5.22. The normalized spacial score (nSPS) is 21.4. The summed E-state index contributed by atoms with van der Waals surface area (Å²) in [5.41, 5.74) is 5.13. The lowest BCUT2D eigenvalue weighted by atomic mass is 9.71. The number of esters is 3. The van der Waals surface area contributed by atoms with E-state index in [4.69, 9.17) is 9.47 Å². The van der Waals surface area contributed by atoms with Crippen molar-refractivity contribution in [2.75, 3.05) is 6.61 Å². The molecule has 1 unspecified atom stereocenters. The van der Waals surface area contributed by atoms with E-state index in [0.717, 1.165) is 27.9 Å². The molecule has 10 nitrogen and oxygen atoms in total. The van der Waals surface area contributed by atoms with Crippen LogP contribution >= 0.6 is 0 Å². The summed E-state index contributed by atoms with van der Waals surface area (Å²) in [6, 6.07) is 0. The summed E-state index contributed by atoms with van der Waals surface area (Å²) < 4.78 is 14.9. The average molecular weight is 703 g/mol. The van der Waals surface area contributed by atoms with Crippen molar-refractivity contribution in [1.82, 2.24) is 0 Å². The minimum absolute atomic E-state index is 0.256. The van der Waals surface area contributed by atoms with Gasteiger partial charge in [-0.2, -0.15) is 0 Å². The Morgan fingerprint density at radius 3 is 1.96 bits per heavy atom. The van der Waals surface area contributed by atoms with Crippen LogP contribution in [0.15, 0.2) is 131 Å². The van der Waals surface area contributed by atoms with Crippen LogP contribution in [0.3, 0.4) is 0 Å². The number of allylic oxidation sites excluding steroid dienone is 18. The minimum Gasteiger partial charge on any atom is -0.505 e. The number of carbonyl (C=O) groups is 4. The first-order valence-electron chi connectivity index (χ1n) is 16.6. The molecule has 0 bridgehead atoms. The summed E-state index contributed by atoms with van der Waals surface area (Å²) in [7, 11) is 0. The summed E-state index contributed by atoms with van der Waals surface area (Å²) in [6.07, 6.45) is 21.0. The van der Waals surface area contributed by atoms with Gasteiger partial charge in [0.25, 0.3) is 0 Å². The molecule has 0 fully saturated rings. The Bertz CT molecular complexity index is 1670. The number of cyclic esters (lactones) is 1. The third-order valence-corrected chi connectivity index (χ3v) is 8.10. The fraction of sp³-hybridized carbons (Fsp3) is 0.366.